The summed E-state index contributed by atoms with van der Waals surface area (Å²) in [5.41, 5.74) is 1.56. The van der Waals surface area contributed by atoms with Gasteiger partial charge in [-0.2, -0.15) is 9.61 Å². The minimum atomic E-state index is -0.340. The lowest BCUT2D eigenvalue weighted by Gasteiger charge is -2.00. The number of phenolic OH excluding ortho intramolecular Hbond substituents is 1. The molecule has 92 valence electrons. The molecule has 6 heteroatoms. The van der Waals surface area contributed by atoms with Crippen molar-refractivity contribution in [1.29, 1.82) is 0 Å². The number of aromatic amines is 1. The normalized spacial score (nSPS) is 11.4. The molecule has 3 N–H and O–H groups in total. The highest BCUT2D eigenvalue weighted by molar-refractivity contribution is 5.94. The number of phenols is 1. The van der Waals surface area contributed by atoms with Crippen LogP contribution in [0.15, 0.2) is 29.1 Å². The van der Waals surface area contributed by atoms with Crippen molar-refractivity contribution in [2.45, 2.75) is 6.42 Å². The minimum absolute atomic E-state index is 0.0228. The van der Waals surface area contributed by atoms with Gasteiger partial charge in [0.2, 0.25) is 0 Å². The summed E-state index contributed by atoms with van der Waals surface area (Å²) in [6.45, 7) is -0.0228. The molecule has 2 aromatic heterocycles. The summed E-state index contributed by atoms with van der Waals surface area (Å²) in [4.78, 5) is 14.5. The summed E-state index contributed by atoms with van der Waals surface area (Å²) in [5.74, 6) is 0.126. The molecular weight excluding hydrogens is 234 g/mol. The second-order valence-electron chi connectivity index (χ2n) is 4.07. The maximum atomic E-state index is 11.8. The Morgan fingerprint density at radius 2 is 2.17 bits per heavy atom. The molecule has 3 aromatic rings. The average molecular weight is 245 g/mol. The van der Waals surface area contributed by atoms with E-state index in [-0.39, 0.29) is 18.0 Å². The molecule has 0 saturated carbocycles. The predicted octanol–water partition coefficient (Wildman–Crippen LogP) is 0.416. The fourth-order valence-electron chi connectivity index (χ4n) is 2.03. The maximum absolute atomic E-state index is 11.8. The Labute approximate surface area is 101 Å². The number of hydrogen-bond donors (Lipinski definition) is 3. The number of rotatable bonds is 2. The van der Waals surface area contributed by atoms with E-state index >= 15 is 0 Å². The Morgan fingerprint density at radius 1 is 1.33 bits per heavy atom. The number of H-pyrrole nitrogens is 1. The lowest BCUT2D eigenvalue weighted by Crippen LogP contribution is -2.17. The molecule has 2 heterocycles. The summed E-state index contributed by atoms with van der Waals surface area (Å²) in [6.07, 6.45) is 0.390. The van der Waals surface area contributed by atoms with Gasteiger partial charge >= 0.3 is 5.69 Å². The van der Waals surface area contributed by atoms with Crippen molar-refractivity contribution in [1.82, 2.24) is 14.6 Å². The second kappa shape index (κ2) is 3.85. The van der Waals surface area contributed by atoms with Crippen molar-refractivity contribution in [2.75, 3.05) is 6.61 Å². The molecule has 0 unspecified atom stereocenters. The van der Waals surface area contributed by atoms with E-state index in [0.717, 1.165) is 0 Å². The monoisotopic (exact) mass is 245 g/mol. The van der Waals surface area contributed by atoms with Gasteiger partial charge in [0.25, 0.3) is 0 Å². The van der Waals surface area contributed by atoms with E-state index in [4.69, 9.17) is 5.11 Å². The first-order valence-corrected chi connectivity index (χ1v) is 5.53. The van der Waals surface area contributed by atoms with E-state index in [9.17, 15) is 9.90 Å². The van der Waals surface area contributed by atoms with Crippen LogP contribution >= 0.6 is 0 Å². The van der Waals surface area contributed by atoms with Gasteiger partial charge < -0.3 is 15.2 Å². The molecule has 0 fully saturated rings. The summed E-state index contributed by atoms with van der Waals surface area (Å²) in [5, 5.41) is 23.2. The highest BCUT2D eigenvalue weighted by Crippen LogP contribution is 2.22. The molecule has 6 nitrogen and oxygen atoms in total. The molecule has 0 saturated heterocycles. The smallest absolute Gasteiger partial charge is 0.347 e. The molecule has 0 aliphatic rings. The van der Waals surface area contributed by atoms with Gasteiger partial charge in [0, 0.05) is 18.4 Å². The fourth-order valence-corrected chi connectivity index (χ4v) is 2.03. The van der Waals surface area contributed by atoms with Crippen molar-refractivity contribution >= 4 is 16.4 Å². The molecule has 18 heavy (non-hydrogen) atoms. The van der Waals surface area contributed by atoms with Crippen LogP contribution in [0, 0.1) is 0 Å². The molecule has 0 aliphatic heterocycles. The SMILES string of the molecule is O=c1[nH]c2ccc(O)cc2c2cc(CCO)nn12. The third-order valence-corrected chi connectivity index (χ3v) is 2.84. The number of hydrogen-bond acceptors (Lipinski definition) is 4. The number of aliphatic hydroxyl groups is 1. The number of aromatic nitrogens is 3. The van der Waals surface area contributed by atoms with Gasteiger partial charge in [-0.05, 0) is 24.3 Å². The number of nitrogens with one attached hydrogen (secondary N) is 1. The van der Waals surface area contributed by atoms with Crippen LogP contribution in [0.2, 0.25) is 0 Å². The van der Waals surface area contributed by atoms with Crippen molar-refractivity contribution in [3.8, 4) is 5.75 Å². The van der Waals surface area contributed by atoms with Crippen molar-refractivity contribution in [3.63, 3.8) is 0 Å². The Balaban J connectivity index is 2.43. The first kappa shape index (κ1) is 10.8. The van der Waals surface area contributed by atoms with Crippen LogP contribution in [-0.4, -0.2) is 31.4 Å². The number of aliphatic hydroxyl groups excluding tert-OH is 1. The molecular formula is C12H11N3O3. The minimum Gasteiger partial charge on any atom is -0.508 e. The number of nitrogens with zero attached hydrogens (tertiary/aromatic N) is 2. The van der Waals surface area contributed by atoms with Gasteiger partial charge in [-0.1, -0.05) is 0 Å². The summed E-state index contributed by atoms with van der Waals surface area (Å²) < 4.78 is 1.24. The first-order valence-electron chi connectivity index (χ1n) is 5.53. The van der Waals surface area contributed by atoms with Gasteiger partial charge in [-0.25, -0.2) is 4.79 Å². The Kier molecular flexibility index (Phi) is 2.31. The number of fused-ring (bicyclic) bond motifs is 3. The highest BCUT2D eigenvalue weighted by Gasteiger charge is 2.09. The van der Waals surface area contributed by atoms with E-state index in [2.05, 4.69) is 10.1 Å². The van der Waals surface area contributed by atoms with Crippen LogP contribution in [0.4, 0.5) is 0 Å². The highest BCUT2D eigenvalue weighted by atomic mass is 16.3. The van der Waals surface area contributed by atoms with E-state index < -0.39 is 0 Å². The van der Waals surface area contributed by atoms with Crippen LogP contribution in [0.5, 0.6) is 5.75 Å². The van der Waals surface area contributed by atoms with E-state index in [1.165, 1.54) is 10.6 Å². The van der Waals surface area contributed by atoms with Crippen LogP contribution in [-0.2, 0) is 6.42 Å². The predicted molar refractivity (Wildman–Crippen MR) is 65.8 cm³/mol. The Morgan fingerprint density at radius 3 is 2.94 bits per heavy atom. The Hall–Kier alpha value is -2.34. The first-order chi connectivity index (χ1) is 8.69. The van der Waals surface area contributed by atoms with Gasteiger partial charge in [-0.15, -0.1) is 0 Å². The lowest BCUT2D eigenvalue weighted by atomic mass is 10.2. The second-order valence-corrected chi connectivity index (χ2v) is 4.07. The summed E-state index contributed by atoms with van der Waals surface area (Å²) in [6, 6.07) is 6.48. The quantitative estimate of drug-likeness (QED) is 0.610. The van der Waals surface area contributed by atoms with E-state index in [0.29, 0.717) is 28.5 Å². The van der Waals surface area contributed by atoms with Crippen LogP contribution < -0.4 is 5.69 Å². The van der Waals surface area contributed by atoms with Crippen LogP contribution in [0.3, 0.4) is 0 Å². The van der Waals surface area contributed by atoms with Gasteiger partial charge in [0.15, 0.2) is 0 Å². The van der Waals surface area contributed by atoms with Crippen molar-refractivity contribution in [2.24, 2.45) is 0 Å². The number of benzene rings is 1. The van der Waals surface area contributed by atoms with Gasteiger partial charge in [-0.3, -0.25) is 0 Å². The molecule has 0 aliphatic carbocycles. The molecule has 0 bridgehead atoms. The zero-order valence-electron chi connectivity index (χ0n) is 9.42. The fraction of sp³-hybridized carbons (Fsp3) is 0.167. The lowest BCUT2D eigenvalue weighted by molar-refractivity contribution is 0.298. The van der Waals surface area contributed by atoms with Crippen molar-refractivity contribution < 1.29 is 10.2 Å². The topological polar surface area (TPSA) is 90.6 Å². The Bertz CT molecular complexity index is 788. The van der Waals surface area contributed by atoms with Crippen molar-refractivity contribution in [3.05, 3.63) is 40.4 Å². The average Bonchev–Trinajstić information content (AvgIpc) is 2.76. The molecule has 1 aromatic carbocycles. The zero-order chi connectivity index (χ0) is 12.7. The zero-order valence-corrected chi connectivity index (χ0v) is 9.42. The third kappa shape index (κ3) is 1.54. The van der Waals surface area contributed by atoms with Crippen LogP contribution in [0.1, 0.15) is 5.69 Å². The molecule has 0 atom stereocenters. The molecule has 0 radical (unpaired) electrons. The summed E-state index contributed by atoms with van der Waals surface area (Å²) >= 11 is 0. The van der Waals surface area contributed by atoms with Gasteiger partial charge in [0.05, 0.1) is 16.7 Å². The van der Waals surface area contributed by atoms with Gasteiger partial charge in [0.1, 0.15) is 5.75 Å². The molecule has 0 spiro atoms. The van der Waals surface area contributed by atoms with Crippen LogP contribution in [0.25, 0.3) is 16.4 Å². The number of aromatic hydroxyl groups is 1. The molecule has 0 amide bonds. The standard InChI is InChI=1S/C12H11N3O3/c16-4-3-7-5-11-9-6-8(17)1-2-10(9)13-12(18)15(11)14-7/h1-2,5-6,16-17H,3-4H2,(H,13,18). The van der Waals surface area contributed by atoms with E-state index in [1.54, 1.807) is 18.2 Å². The largest absolute Gasteiger partial charge is 0.508 e. The summed E-state index contributed by atoms with van der Waals surface area (Å²) in [7, 11) is 0. The maximum Gasteiger partial charge on any atom is 0.347 e. The molecule has 3 rings (SSSR count). The third-order valence-electron chi connectivity index (χ3n) is 2.84. The van der Waals surface area contributed by atoms with E-state index in [1.807, 2.05) is 0 Å².